The average Bonchev–Trinajstić information content (AvgIpc) is 3.36. The third kappa shape index (κ3) is 4.50. The first kappa shape index (κ1) is 27.3. The summed E-state index contributed by atoms with van der Waals surface area (Å²) >= 11 is 0. The fourth-order valence-corrected chi connectivity index (χ4v) is 6.67. The molecule has 1 aliphatic rings. The van der Waals surface area contributed by atoms with E-state index in [1.165, 1.54) is 16.8 Å². The smallest absolute Gasteiger partial charge is 0.208 e. The summed E-state index contributed by atoms with van der Waals surface area (Å²) in [4.78, 5) is 14.2. The second-order valence-corrected chi connectivity index (χ2v) is 11.9. The van der Waals surface area contributed by atoms with Gasteiger partial charge >= 0.3 is 0 Å². The van der Waals surface area contributed by atoms with Crippen LogP contribution in [0.15, 0.2) is 152 Å². The van der Waals surface area contributed by atoms with Crippen molar-refractivity contribution in [3.05, 3.63) is 163 Å². The maximum absolute atomic E-state index is 16.4. The van der Waals surface area contributed by atoms with Crippen molar-refractivity contribution in [3.63, 3.8) is 0 Å². The largest absolute Gasteiger partial charge is 0.299 e. The molecule has 0 N–H and O–H groups in total. The number of rotatable bonds is 4. The number of aromatic nitrogens is 3. The Morgan fingerprint density at radius 2 is 0.830 bits per heavy atom. The molecule has 3 nitrogen and oxygen atoms in total. The number of fused-ring (bicyclic) bond motifs is 6. The molecule has 8 aromatic rings. The summed E-state index contributed by atoms with van der Waals surface area (Å²) in [5, 5.41) is 4.56. The van der Waals surface area contributed by atoms with Gasteiger partial charge < -0.3 is 0 Å². The minimum atomic E-state index is -3.19. The molecule has 0 bridgehead atoms. The number of nitrogens with zero attached hydrogens (tertiary/aromatic N) is 3. The van der Waals surface area contributed by atoms with E-state index in [1.54, 1.807) is 12.1 Å². The molecule has 0 aliphatic heterocycles. The fraction of sp³-hybridized carbons (Fsp3) is 0.0238. The van der Waals surface area contributed by atoms with Gasteiger partial charge in [-0.1, -0.05) is 133 Å². The lowest BCUT2D eigenvalue weighted by Crippen LogP contribution is -2.11. The molecule has 1 heterocycles. The van der Waals surface area contributed by atoms with E-state index < -0.39 is 5.92 Å². The van der Waals surface area contributed by atoms with Gasteiger partial charge in [-0.25, -0.2) is 15.0 Å². The number of alkyl halides is 2. The number of hydrogen-bond acceptors (Lipinski definition) is 3. The van der Waals surface area contributed by atoms with Crippen LogP contribution >= 0.6 is 0 Å². The maximum atomic E-state index is 16.4. The van der Waals surface area contributed by atoms with Crippen molar-refractivity contribution in [2.24, 2.45) is 0 Å². The molecule has 0 saturated carbocycles. The van der Waals surface area contributed by atoms with E-state index in [0.29, 0.717) is 34.2 Å². The van der Waals surface area contributed by atoms with Crippen molar-refractivity contribution < 1.29 is 8.78 Å². The lowest BCUT2D eigenvalue weighted by molar-refractivity contribution is 0.0481. The number of benzene rings is 7. The van der Waals surface area contributed by atoms with Gasteiger partial charge in [0.15, 0.2) is 17.5 Å². The van der Waals surface area contributed by atoms with Crippen molar-refractivity contribution in [1.82, 2.24) is 15.0 Å². The summed E-state index contributed by atoms with van der Waals surface area (Å²) in [6.45, 7) is 0. The summed E-state index contributed by atoms with van der Waals surface area (Å²) in [7, 11) is 0. The lowest BCUT2D eigenvalue weighted by atomic mass is 9.95. The van der Waals surface area contributed by atoms with Crippen molar-refractivity contribution in [2.75, 3.05) is 0 Å². The molecule has 0 radical (unpaired) electrons. The van der Waals surface area contributed by atoms with E-state index in [-0.39, 0.29) is 11.1 Å². The summed E-state index contributed by atoms with van der Waals surface area (Å²) in [6, 6.07) is 48.4. The van der Waals surface area contributed by atoms with Crippen LogP contribution in [0.4, 0.5) is 8.78 Å². The summed E-state index contributed by atoms with van der Waals surface area (Å²) < 4.78 is 32.8. The van der Waals surface area contributed by atoms with Gasteiger partial charge in [0.25, 0.3) is 5.92 Å². The summed E-state index contributed by atoms with van der Waals surface area (Å²) in [6.07, 6.45) is 0. The van der Waals surface area contributed by atoms with E-state index in [2.05, 4.69) is 36.4 Å². The Bertz CT molecular complexity index is 2430. The van der Waals surface area contributed by atoms with E-state index >= 15 is 8.78 Å². The molecule has 0 saturated heterocycles. The minimum absolute atomic E-state index is 0.00588. The molecule has 47 heavy (non-hydrogen) atoms. The van der Waals surface area contributed by atoms with Crippen molar-refractivity contribution in [2.45, 2.75) is 5.92 Å². The van der Waals surface area contributed by atoms with Crippen LogP contribution < -0.4 is 0 Å². The predicted molar refractivity (Wildman–Crippen MR) is 185 cm³/mol. The van der Waals surface area contributed by atoms with E-state index in [9.17, 15) is 0 Å². The highest BCUT2D eigenvalue weighted by Crippen LogP contribution is 2.52. The van der Waals surface area contributed by atoms with Crippen LogP contribution in [0.5, 0.6) is 0 Å². The molecule has 0 fully saturated rings. The Kier molecular flexibility index (Phi) is 6.09. The third-order valence-electron chi connectivity index (χ3n) is 9.04. The van der Waals surface area contributed by atoms with Crippen LogP contribution in [-0.2, 0) is 5.92 Å². The Morgan fingerprint density at radius 1 is 0.362 bits per heavy atom. The second kappa shape index (κ2) is 10.5. The van der Waals surface area contributed by atoms with Crippen LogP contribution in [0.25, 0.3) is 78.0 Å². The Hall–Kier alpha value is -6.07. The monoisotopic (exact) mass is 609 g/mol. The average molecular weight is 610 g/mol. The van der Waals surface area contributed by atoms with Crippen LogP contribution in [-0.4, -0.2) is 15.0 Å². The predicted octanol–water partition coefficient (Wildman–Crippen LogP) is 11.0. The Morgan fingerprint density at radius 3 is 1.49 bits per heavy atom. The quantitative estimate of drug-likeness (QED) is 0.186. The lowest BCUT2D eigenvalue weighted by Gasteiger charge is -2.15. The van der Waals surface area contributed by atoms with Gasteiger partial charge in [0, 0.05) is 27.8 Å². The zero-order chi connectivity index (χ0) is 31.5. The molecule has 222 valence electrons. The first-order chi connectivity index (χ1) is 23.0. The van der Waals surface area contributed by atoms with Gasteiger partial charge in [0.1, 0.15) is 0 Å². The second-order valence-electron chi connectivity index (χ2n) is 11.9. The first-order valence-corrected chi connectivity index (χ1v) is 15.5. The molecule has 0 atom stereocenters. The van der Waals surface area contributed by atoms with E-state index in [4.69, 9.17) is 15.0 Å². The SMILES string of the molecule is FC1(F)c2cc(-c3ccc4c(ccc5ccccc54)c3)ccc2-c2ccc(-c3nc(-c4ccccc4)nc(-c4ccccc4)n3)cc21. The van der Waals surface area contributed by atoms with Crippen LogP contribution in [0.2, 0.25) is 0 Å². The molecule has 1 aromatic heterocycles. The zero-order valence-electron chi connectivity index (χ0n) is 25.0. The highest BCUT2D eigenvalue weighted by molar-refractivity contribution is 6.08. The maximum Gasteiger partial charge on any atom is 0.299 e. The fourth-order valence-electron chi connectivity index (χ4n) is 6.67. The van der Waals surface area contributed by atoms with Gasteiger partial charge in [-0.15, -0.1) is 0 Å². The molecule has 5 heteroatoms. The van der Waals surface area contributed by atoms with Gasteiger partial charge in [0.2, 0.25) is 0 Å². The molecular formula is C42H25F2N3. The Balaban J connectivity index is 1.13. The standard InChI is InChI=1S/C42H25F2N3/c43-42(44)37-24-30(29-17-20-34-31(23-29)16-15-26-9-7-8-14-33(26)34)18-21-35(37)36-22-19-32(25-38(36)42)41-46-39(27-10-3-1-4-11-27)45-40(47-41)28-12-5-2-6-13-28/h1-25H. The third-order valence-corrected chi connectivity index (χ3v) is 9.04. The van der Waals surface area contributed by atoms with Crippen molar-refractivity contribution in [3.8, 4) is 56.4 Å². The molecule has 7 aromatic carbocycles. The summed E-state index contributed by atoms with van der Waals surface area (Å²) in [5.41, 5.74) is 4.82. The molecule has 0 unspecified atom stereocenters. The van der Waals surface area contributed by atoms with Gasteiger partial charge in [-0.2, -0.15) is 8.78 Å². The minimum Gasteiger partial charge on any atom is -0.208 e. The highest BCUT2D eigenvalue weighted by Gasteiger charge is 2.44. The molecular weight excluding hydrogens is 584 g/mol. The van der Waals surface area contributed by atoms with Crippen LogP contribution in [0, 0.1) is 0 Å². The van der Waals surface area contributed by atoms with E-state index in [0.717, 1.165) is 33.0 Å². The summed E-state index contributed by atoms with van der Waals surface area (Å²) in [5.74, 6) is -1.88. The molecule has 9 rings (SSSR count). The van der Waals surface area contributed by atoms with Crippen molar-refractivity contribution in [1.29, 1.82) is 0 Å². The molecule has 1 aliphatic carbocycles. The topological polar surface area (TPSA) is 38.7 Å². The molecule has 0 amide bonds. The van der Waals surface area contributed by atoms with Crippen LogP contribution in [0.1, 0.15) is 11.1 Å². The highest BCUT2D eigenvalue weighted by atomic mass is 19.3. The zero-order valence-corrected chi connectivity index (χ0v) is 25.0. The number of hydrogen-bond donors (Lipinski definition) is 0. The Labute approximate surface area is 269 Å². The van der Waals surface area contributed by atoms with Gasteiger partial charge in [0.05, 0.1) is 0 Å². The van der Waals surface area contributed by atoms with Gasteiger partial charge in [-0.3, -0.25) is 0 Å². The first-order valence-electron chi connectivity index (χ1n) is 15.5. The van der Waals surface area contributed by atoms with Crippen molar-refractivity contribution >= 4 is 21.5 Å². The number of halogens is 2. The van der Waals surface area contributed by atoms with Gasteiger partial charge in [-0.05, 0) is 62.0 Å². The molecule has 0 spiro atoms. The normalized spacial score (nSPS) is 13.1. The van der Waals surface area contributed by atoms with E-state index in [1.807, 2.05) is 97.1 Å². The van der Waals surface area contributed by atoms with Crippen LogP contribution in [0.3, 0.4) is 0 Å².